The summed E-state index contributed by atoms with van der Waals surface area (Å²) in [5.41, 5.74) is 11.3. The second kappa shape index (κ2) is 14.6. The number of unbranched alkanes of at least 4 members (excludes halogenated alkanes) is 1. The lowest BCUT2D eigenvalue weighted by atomic mass is 10.0. The van der Waals surface area contributed by atoms with Gasteiger partial charge >= 0.3 is 0 Å². The van der Waals surface area contributed by atoms with E-state index in [9.17, 15) is 19.2 Å². The predicted molar refractivity (Wildman–Crippen MR) is 198 cm³/mol. The zero-order chi connectivity index (χ0) is 37.3. The van der Waals surface area contributed by atoms with Gasteiger partial charge in [0.25, 0.3) is 11.8 Å². The molecule has 6 rings (SSSR count). The topological polar surface area (TPSA) is 190 Å². The molecule has 15 heteroatoms. The van der Waals surface area contributed by atoms with Crippen molar-refractivity contribution in [2.45, 2.75) is 80.6 Å². The molecule has 4 N–H and O–H groups in total. The second-order valence-electron chi connectivity index (χ2n) is 13.1. The monoisotopic (exact) mass is 705 g/mol. The fourth-order valence-electron chi connectivity index (χ4n) is 6.35. The molecule has 0 atom stereocenters. The first kappa shape index (κ1) is 35.7. The van der Waals surface area contributed by atoms with E-state index in [4.69, 9.17) is 10.7 Å². The first-order valence-corrected chi connectivity index (χ1v) is 17.4. The lowest BCUT2D eigenvalue weighted by molar-refractivity contribution is 0.0937. The van der Waals surface area contributed by atoms with E-state index in [1.807, 2.05) is 56.7 Å². The van der Waals surface area contributed by atoms with Crippen LogP contribution >= 0.6 is 0 Å². The third-order valence-corrected chi connectivity index (χ3v) is 8.92. The van der Waals surface area contributed by atoms with Crippen molar-refractivity contribution in [1.29, 1.82) is 0 Å². The number of fused-ring (bicyclic) bond motifs is 2. The minimum atomic E-state index is -0.574. The number of primary amides is 1. The number of benzene rings is 2. The van der Waals surface area contributed by atoms with Crippen molar-refractivity contribution in [3.8, 4) is 0 Å². The van der Waals surface area contributed by atoms with Gasteiger partial charge in [0, 0.05) is 43.2 Å². The third-order valence-electron chi connectivity index (χ3n) is 8.92. The number of carbonyl (C=O) groups is 4. The van der Waals surface area contributed by atoms with Gasteiger partial charge in [0.1, 0.15) is 11.4 Å². The highest BCUT2D eigenvalue weighted by Crippen LogP contribution is 2.26. The molecular weight excluding hydrogens is 662 g/mol. The second-order valence-corrected chi connectivity index (χ2v) is 13.1. The maximum absolute atomic E-state index is 13.5. The summed E-state index contributed by atoms with van der Waals surface area (Å²) in [5, 5.41) is 14.7. The molecule has 0 aliphatic carbocycles. The molecule has 52 heavy (non-hydrogen) atoms. The molecule has 0 spiro atoms. The molecule has 6 aromatic rings. The molecule has 4 heterocycles. The smallest absolute Gasteiger partial charge is 0.276 e. The number of hydrogen-bond acceptors (Lipinski definition) is 8. The lowest BCUT2D eigenvalue weighted by Gasteiger charge is -2.13. The number of nitrogens with zero attached hydrogens (tertiary/aromatic N) is 8. The molecule has 0 fully saturated rings. The number of anilines is 2. The minimum Gasteiger partial charge on any atom is -0.366 e. The number of imidazole rings is 2. The third kappa shape index (κ3) is 7.06. The van der Waals surface area contributed by atoms with Gasteiger partial charge in [0.05, 0.1) is 33.5 Å². The Hall–Kier alpha value is -6.12. The number of carbonyl (C=O) groups excluding carboxylic acids is 4. The molecule has 4 aromatic heterocycles. The van der Waals surface area contributed by atoms with E-state index in [0.717, 1.165) is 22.4 Å². The summed E-state index contributed by atoms with van der Waals surface area (Å²) in [6.07, 6.45) is 1.30. The van der Waals surface area contributed by atoms with Crippen LogP contribution in [0.25, 0.3) is 22.1 Å². The van der Waals surface area contributed by atoms with Crippen LogP contribution in [0, 0.1) is 19.8 Å². The summed E-state index contributed by atoms with van der Waals surface area (Å²) in [5.74, 6) is -0.739. The molecule has 270 valence electrons. The van der Waals surface area contributed by atoms with Gasteiger partial charge in [-0.3, -0.25) is 39.2 Å². The summed E-state index contributed by atoms with van der Waals surface area (Å²) in [4.78, 5) is 61.1. The number of aromatic nitrogens is 8. The number of ketones is 1. The van der Waals surface area contributed by atoms with Crippen molar-refractivity contribution in [2.75, 3.05) is 10.6 Å². The van der Waals surface area contributed by atoms with Crippen LogP contribution in [-0.4, -0.2) is 62.2 Å². The van der Waals surface area contributed by atoms with E-state index in [-0.39, 0.29) is 23.5 Å². The Balaban J connectivity index is 1.28. The summed E-state index contributed by atoms with van der Waals surface area (Å²) >= 11 is 0. The number of aryl methyl sites for hydroxylation is 6. The van der Waals surface area contributed by atoms with Gasteiger partial charge in [0.15, 0.2) is 5.78 Å². The molecule has 0 radical (unpaired) electrons. The van der Waals surface area contributed by atoms with Crippen molar-refractivity contribution in [2.24, 2.45) is 11.7 Å². The molecule has 0 saturated carbocycles. The van der Waals surface area contributed by atoms with E-state index < -0.39 is 5.91 Å². The van der Waals surface area contributed by atoms with Crippen LogP contribution in [0.3, 0.4) is 0 Å². The van der Waals surface area contributed by atoms with Crippen LogP contribution in [0.2, 0.25) is 0 Å². The molecule has 0 bridgehead atoms. The molecule has 15 nitrogen and oxygen atoms in total. The number of nitrogens with two attached hydrogens (primary N) is 1. The average molecular weight is 706 g/mol. The van der Waals surface area contributed by atoms with Crippen molar-refractivity contribution in [3.05, 3.63) is 82.4 Å². The van der Waals surface area contributed by atoms with Gasteiger partial charge < -0.3 is 14.9 Å². The molecule has 3 amide bonds. The zero-order valence-electron chi connectivity index (χ0n) is 30.2. The SMILES string of the molecule is CCn1nc(C)cc1C(=O)Nc1nc2cc(C(N)=O)ccc2n1CCCCn1c(NC(=O)c2cc(C)nn2CC)nc2cc(C(=O)C(C)C)ccc21. The van der Waals surface area contributed by atoms with Gasteiger partial charge in [-0.05, 0) is 89.1 Å². The zero-order valence-corrected chi connectivity index (χ0v) is 30.2. The Morgan fingerprint density at radius 3 is 1.56 bits per heavy atom. The minimum absolute atomic E-state index is 0.0112. The van der Waals surface area contributed by atoms with Crippen molar-refractivity contribution < 1.29 is 19.2 Å². The molecule has 0 saturated heterocycles. The summed E-state index contributed by atoms with van der Waals surface area (Å²) in [6.45, 7) is 13.2. The number of rotatable bonds is 14. The molecule has 0 unspecified atom stereocenters. The standard InChI is InChI=1S/C37H43N11O4/c1-7-47-30(17-22(5)43-47)34(51)41-36-39-26-19-24(32(49)21(3)4)11-13-28(26)45(36)15-9-10-16-46-29-14-12-25(33(38)50)20-27(29)40-37(46)42-35(52)31-18-23(6)44-48(31)8-2/h11-14,17-21H,7-10,15-16H2,1-6H3,(H2,38,50)(H,39,41,51)(H,40,42,52). The Morgan fingerprint density at radius 2 is 1.13 bits per heavy atom. The highest BCUT2D eigenvalue weighted by atomic mass is 16.2. The lowest BCUT2D eigenvalue weighted by Crippen LogP contribution is -2.20. The quantitative estimate of drug-likeness (QED) is 0.0997. The van der Waals surface area contributed by atoms with E-state index in [0.29, 0.717) is 84.5 Å². The fourth-order valence-corrected chi connectivity index (χ4v) is 6.35. The largest absolute Gasteiger partial charge is 0.366 e. The van der Waals surface area contributed by atoms with Gasteiger partial charge in [-0.15, -0.1) is 0 Å². The maximum atomic E-state index is 13.5. The Bertz CT molecular complexity index is 2340. The van der Waals surface area contributed by atoms with Crippen LogP contribution in [0.1, 0.15) is 93.6 Å². The molecule has 2 aromatic carbocycles. The molecular formula is C37H43N11O4. The van der Waals surface area contributed by atoms with E-state index >= 15 is 0 Å². The maximum Gasteiger partial charge on any atom is 0.276 e. The van der Waals surface area contributed by atoms with Crippen LogP contribution in [0.4, 0.5) is 11.9 Å². The van der Waals surface area contributed by atoms with Crippen LogP contribution < -0.4 is 16.4 Å². The summed E-state index contributed by atoms with van der Waals surface area (Å²) in [6, 6.07) is 13.9. The highest BCUT2D eigenvalue weighted by Gasteiger charge is 2.21. The van der Waals surface area contributed by atoms with Crippen molar-refractivity contribution in [3.63, 3.8) is 0 Å². The highest BCUT2D eigenvalue weighted by molar-refractivity contribution is 6.05. The summed E-state index contributed by atoms with van der Waals surface area (Å²) < 4.78 is 7.13. The predicted octanol–water partition coefficient (Wildman–Crippen LogP) is 5.36. The van der Waals surface area contributed by atoms with E-state index in [1.165, 1.54) is 0 Å². The molecule has 0 aliphatic heterocycles. The first-order valence-electron chi connectivity index (χ1n) is 17.4. The normalized spacial score (nSPS) is 11.5. The Labute approximate surface area is 300 Å². The van der Waals surface area contributed by atoms with Gasteiger partial charge in [-0.25, -0.2) is 9.97 Å². The summed E-state index contributed by atoms with van der Waals surface area (Å²) in [7, 11) is 0. The Kier molecular flexibility index (Phi) is 10.0. The number of Topliss-reactive ketones (excluding diaryl/α,β-unsaturated/α-hetero) is 1. The van der Waals surface area contributed by atoms with E-state index in [2.05, 4.69) is 25.8 Å². The van der Waals surface area contributed by atoms with Gasteiger partial charge in [0.2, 0.25) is 17.8 Å². The van der Waals surface area contributed by atoms with Crippen molar-refractivity contribution in [1.82, 2.24) is 38.7 Å². The van der Waals surface area contributed by atoms with Gasteiger partial charge in [-0.1, -0.05) is 13.8 Å². The van der Waals surface area contributed by atoms with E-state index in [1.54, 1.807) is 51.8 Å². The van der Waals surface area contributed by atoms with Crippen LogP contribution in [0.15, 0.2) is 48.5 Å². The Morgan fingerprint density at radius 1 is 0.692 bits per heavy atom. The fraction of sp³-hybridized carbons (Fsp3) is 0.351. The average Bonchev–Trinajstić information content (AvgIpc) is 3.87. The van der Waals surface area contributed by atoms with Gasteiger partial charge in [-0.2, -0.15) is 10.2 Å². The molecule has 0 aliphatic rings. The van der Waals surface area contributed by atoms with Crippen LogP contribution in [-0.2, 0) is 26.2 Å². The van der Waals surface area contributed by atoms with Crippen molar-refractivity contribution >= 4 is 57.5 Å². The van der Waals surface area contributed by atoms with Crippen LogP contribution in [0.5, 0.6) is 0 Å². The number of hydrogen-bond donors (Lipinski definition) is 3. The number of nitrogens with one attached hydrogen (secondary N) is 2. The number of amides is 3. The first-order chi connectivity index (χ1) is 24.9.